The highest BCUT2D eigenvalue weighted by Gasteiger charge is 2.37. The van der Waals surface area contributed by atoms with Crippen molar-refractivity contribution in [2.24, 2.45) is 0 Å². The van der Waals surface area contributed by atoms with E-state index in [2.05, 4.69) is 0 Å². The van der Waals surface area contributed by atoms with Crippen LogP contribution in [0.3, 0.4) is 0 Å². The summed E-state index contributed by atoms with van der Waals surface area (Å²) >= 11 is 0.837. The summed E-state index contributed by atoms with van der Waals surface area (Å²) in [5.74, 6) is 0.434. The quantitative estimate of drug-likeness (QED) is 0.678. The minimum Gasteiger partial charge on any atom is -0.493 e. The van der Waals surface area contributed by atoms with Crippen LogP contribution >= 0.6 is 11.8 Å². The highest BCUT2D eigenvalue weighted by molar-refractivity contribution is 8.18. The van der Waals surface area contributed by atoms with Crippen LogP contribution in [0.2, 0.25) is 0 Å². The number of hydrogen-bond acceptors (Lipinski definition) is 6. The maximum absolute atomic E-state index is 12.7. The third-order valence-corrected chi connectivity index (χ3v) is 5.59. The summed E-state index contributed by atoms with van der Waals surface area (Å²) in [6, 6.07) is 5.35. The zero-order valence-corrected chi connectivity index (χ0v) is 16.9. The number of amides is 3. The Balaban J connectivity index is 1.79. The number of para-hydroxylation sites is 1. The highest BCUT2D eigenvalue weighted by Crippen LogP contribution is 2.37. The van der Waals surface area contributed by atoms with Crippen molar-refractivity contribution < 1.29 is 23.9 Å². The predicted molar refractivity (Wildman–Crippen MR) is 107 cm³/mol. The number of imide groups is 1. The molecule has 28 heavy (non-hydrogen) atoms. The van der Waals surface area contributed by atoms with Crippen LogP contribution < -0.4 is 9.47 Å². The molecule has 8 heteroatoms. The van der Waals surface area contributed by atoms with Gasteiger partial charge in [0.05, 0.1) is 18.6 Å². The first-order chi connectivity index (χ1) is 13.5. The van der Waals surface area contributed by atoms with Gasteiger partial charge in [0.2, 0.25) is 5.91 Å². The molecule has 2 saturated heterocycles. The van der Waals surface area contributed by atoms with Crippen molar-refractivity contribution >= 4 is 34.9 Å². The Bertz CT molecular complexity index is 802. The van der Waals surface area contributed by atoms with Gasteiger partial charge in [-0.15, -0.1) is 0 Å². The molecule has 0 atom stereocenters. The first-order valence-corrected chi connectivity index (χ1v) is 10.2. The second-order valence-electron chi connectivity index (χ2n) is 6.52. The molecule has 0 unspecified atom stereocenters. The Labute approximate surface area is 168 Å². The monoisotopic (exact) mass is 404 g/mol. The van der Waals surface area contributed by atoms with E-state index in [1.807, 2.05) is 6.92 Å². The molecule has 0 radical (unpaired) electrons. The van der Waals surface area contributed by atoms with E-state index in [0.29, 0.717) is 36.8 Å². The molecule has 1 aromatic carbocycles. The van der Waals surface area contributed by atoms with Crippen LogP contribution in [0.1, 0.15) is 31.7 Å². The van der Waals surface area contributed by atoms with Crippen molar-refractivity contribution in [1.29, 1.82) is 0 Å². The van der Waals surface area contributed by atoms with Crippen LogP contribution in [0, 0.1) is 0 Å². The fourth-order valence-electron chi connectivity index (χ4n) is 3.26. The lowest BCUT2D eigenvalue weighted by Crippen LogP contribution is -2.44. The summed E-state index contributed by atoms with van der Waals surface area (Å²) in [4.78, 5) is 40.5. The Morgan fingerprint density at radius 1 is 1.21 bits per heavy atom. The Morgan fingerprint density at radius 3 is 2.64 bits per heavy atom. The Kier molecular flexibility index (Phi) is 6.61. The predicted octanol–water partition coefficient (Wildman–Crippen LogP) is 3.14. The second kappa shape index (κ2) is 9.14. The van der Waals surface area contributed by atoms with E-state index in [1.165, 1.54) is 0 Å². The van der Waals surface area contributed by atoms with Crippen LogP contribution in [-0.2, 0) is 9.59 Å². The minimum atomic E-state index is -0.453. The van der Waals surface area contributed by atoms with Crippen LogP contribution in [0.5, 0.6) is 11.5 Å². The third kappa shape index (κ3) is 4.32. The summed E-state index contributed by atoms with van der Waals surface area (Å²) in [5, 5.41) is -0.428. The van der Waals surface area contributed by atoms with Gasteiger partial charge in [-0.3, -0.25) is 19.3 Å². The molecule has 2 aliphatic rings. The molecule has 2 aliphatic heterocycles. The zero-order chi connectivity index (χ0) is 20.1. The number of carbonyl (C=O) groups is 3. The summed E-state index contributed by atoms with van der Waals surface area (Å²) in [6.45, 7) is 3.46. The molecule has 0 N–H and O–H groups in total. The van der Waals surface area contributed by atoms with Crippen molar-refractivity contribution in [2.75, 3.05) is 33.4 Å². The summed E-state index contributed by atoms with van der Waals surface area (Å²) < 4.78 is 11.0. The molecule has 0 bridgehead atoms. The molecule has 0 spiro atoms. The summed E-state index contributed by atoms with van der Waals surface area (Å²) in [7, 11) is 1.54. The molecule has 150 valence electrons. The average Bonchev–Trinajstić information content (AvgIpc) is 2.97. The molecule has 3 amide bonds. The Morgan fingerprint density at radius 2 is 1.96 bits per heavy atom. The number of ether oxygens (including phenoxy) is 2. The van der Waals surface area contributed by atoms with Gasteiger partial charge < -0.3 is 14.4 Å². The normalized spacial score (nSPS) is 18.7. The highest BCUT2D eigenvalue weighted by atomic mass is 32.2. The van der Waals surface area contributed by atoms with Gasteiger partial charge in [-0.2, -0.15) is 0 Å². The van der Waals surface area contributed by atoms with Crippen molar-refractivity contribution in [3.05, 3.63) is 28.7 Å². The smallest absolute Gasteiger partial charge is 0.294 e. The third-order valence-electron chi connectivity index (χ3n) is 4.68. The molecule has 2 heterocycles. The number of nitrogens with zero attached hydrogens (tertiary/aromatic N) is 2. The van der Waals surface area contributed by atoms with E-state index in [-0.39, 0.29) is 17.4 Å². The maximum Gasteiger partial charge on any atom is 0.294 e. The fourth-order valence-corrected chi connectivity index (χ4v) is 4.09. The Hall–Kier alpha value is -2.48. The SMILES string of the molecule is CCOc1c(/C=C2\SC(=O)N(CC(=O)N3CCCCC3)C2=O)cccc1OC. The van der Waals surface area contributed by atoms with Gasteiger partial charge in [-0.1, -0.05) is 12.1 Å². The van der Waals surface area contributed by atoms with Gasteiger partial charge in [0.15, 0.2) is 11.5 Å². The van der Waals surface area contributed by atoms with Crippen molar-refractivity contribution in [3.63, 3.8) is 0 Å². The van der Waals surface area contributed by atoms with E-state index < -0.39 is 11.1 Å². The standard InChI is InChI=1S/C20H24N2O5S/c1-3-27-18-14(8-7-9-15(18)26-2)12-16-19(24)22(20(25)28-16)13-17(23)21-10-5-4-6-11-21/h7-9,12H,3-6,10-11,13H2,1-2H3/b16-12-. The van der Waals surface area contributed by atoms with E-state index in [4.69, 9.17) is 9.47 Å². The number of benzene rings is 1. The van der Waals surface area contributed by atoms with Gasteiger partial charge >= 0.3 is 0 Å². The molecule has 1 aromatic rings. The van der Waals surface area contributed by atoms with Crippen molar-refractivity contribution in [1.82, 2.24) is 9.80 Å². The van der Waals surface area contributed by atoms with Gasteiger partial charge in [0, 0.05) is 18.7 Å². The number of hydrogen-bond donors (Lipinski definition) is 0. The van der Waals surface area contributed by atoms with E-state index in [0.717, 1.165) is 35.9 Å². The first kappa shape index (κ1) is 20.3. The van der Waals surface area contributed by atoms with Crippen molar-refractivity contribution in [2.45, 2.75) is 26.2 Å². The van der Waals surface area contributed by atoms with Gasteiger partial charge in [-0.25, -0.2) is 0 Å². The average molecular weight is 404 g/mol. The number of carbonyl (C=O) groups excluding carboxylic acids is 3. The van der Waals surface area contributed by atoms with E-state index in [1.54, 1.807) is 36.3 Å². The second-order valence-corrected chi connectivity index (χ2v) is 7.51. The van der Waals surface area contributed by atoms with Crippen LogP contribution in [0.15, 0.2) is 23.1 Å². The van der Waals surface area contributed by atoms with E-state index in [9.17, 15) is 14.4 Å². The molecule has 2 fully saturated rings. The lowest BCUT2D eigenvalue weighted by molar-refractivity contribution is -0.136. The van der Waals surface area contributed by atoms with E-state index >= 15 is 0 Å². The lowest BCUT2D eigenvalue weighted by Gasteiger charge is -2.27. The van der Waals surface area contributed by atoms with Gasteiger partial charge in [-0.05, 0) is 50.1 Å². The van der Waals surface area contributed by atoms with Crippen molar-refractivity contribution in [3.8, 4) is 11.5 Å². The number of piperidine rings is 1. The molecule has 3 rings (SSSR count). The lowest BCUT2D eigenvalue weighted by atomic mass is 10.1. The topological polar surface area (TPSA) is 76.2 Å². The summed E-state index contributed by atoms with van der Waals surface area (Å²) in [5.41, 5.74) is 0.647. The first-order valence-electron chi connectivity index (χ1n) is 9.38. The zero-order valence-electron chi connectivity index (χ0n) is 16.1. The fraction of sp³-hybridized carbons (Fsp3) is 0.450. The van der Waals surface area contributed by atoms with Gasteiger partial charge in [0.1, 0.15) is 6.54 Å². The largest absolute Gasteiger partial charge is 0.493 e. The summed E-state index contributed by atoms with van der Waals surface area (Å²) in [6.07, 6.45) is 4.65. The van der Waals surface area contributed by atoms with Gasteiger partial charge in [0.25, 0.3) is 11.1 Å². The maximum atomic E-state index is 12.7. The number of rotatable bonds is 6. The van der Waals surface area contributed by atoms with Crippen LogP contribution in [0.4, 0.5) is 4.79 Å². The number of thioether (sulfide) groups is 1. The molecule has 7 nitrogen and oxygen atoms in total. The number of methoxy groups -OCH3 is 1. The van der Waals surface area contributed by atoms with Crippen LogP contribution in [0.25, 0.3) is 6.08 Å². The minimum absolute atomic E-state index is 0.181. The molecular weight excluding hydrogens is 380 g/mol. The molecular formula is C20H24N2O5S. The van der Waals surface area contributed by atoms with Crippen LogP contribution in [-0.4, -0.2) is 60.2 Å². The molecule has 0 saturated carbocycles. The molecule has 0 aromatic heterocycles. The number of likely N-dealkylation sites (tertiary alicyclic amines) is 1. The molecule has 0 aliphatic carbocycles.